The van der Waals surface area contributed by atoms with Crippen LogP contribution in [0.1, 0.15) is 16.8 Å². The molecule has 0 aliphatic carbocycles. The van der Waals surface area contributed by atoms with Crippen molar-refractivity contribution in [3.05, 3.63) is 23.8 Å². The first-order valence-electron chi connectivity index (χ1n) is 5.59. The number of halogens is 5. The Morgan fingerprint density at radius 1 is 1.29 bits per heavy atom. The van der Waals surface area contributed by atoms with Crippen molar-refractivity contribution in [1.82, 2.24) is 0 Å². The number of Topliss-reactive ketones (excluding diaryl/α,β-unsaturated/α-hetero) is 1. The van der Waals surface area contributed by atoms with Gasteiger partial charge in [-0.3, -0.25) is 4.79 Å². The SMILES string of the molecule is COc1ccc2c(c1)C(=O)C[C@@](O)(C(F)(F)C(F)(F)F)O2. The largest absolute Gasteiger partial charge is 0.497 e. The minimum Gasteiger partial charge on any atom is -0.497 e. The zero-order valence-electron chi connectivity index (χ0n) is 10.5. The smallest absolute Gasteiger partial charge is 0.460 e. The molecule has 0 saturated heterocycles. The molecule has 0 saturated carbocycles. The predicted octanol–water partition coefficient (Wildman–Crippen LogP) is 2.55. The van der Waals surface area contributed by atoms with Crippen LogP contribution in [-0.2, 0) is 0 Å². The van der Waals surface area contributed by atoms with Crippen LogP contribution in [0.3, 0.4) is 0 Å². The second kappa shape index (κ2) is 4.55. The first-order valence-corrected chi connectivity index (χ1v) is 5.59. The molecule has 0 spiro atoms. The predicted molar refractivity (Wildman–Crippen MR) is 58.5 cm³/mol. The highest BCUT2D eigenvalue weighted by atomic mass is 19.4. The number of ketones is 1. The summed E-state index contributed by atoms with van der Waals surface area (Å²) in [4.78, 5) is 11.7. The van der Waals surface area contributed by atoms with Crippen LogP contribution in [-0.4, -0.2) is 35.9 Å². The number of carbonyl (C=O) groups excluding carboxylic acids is 1. The molecule has 21 heavy (non-hydrogen) atoms. The third-order valence-electron chi connectivity index (χ3n) is 3.01. The Hall–Kier alpha value is -1.90. The van der Waals surface area contributed by atoms with Crippen LogP contribution in [0.2, 0.25) is 0 Å². The van der Waals surface area contributed by atoms with Crippen molar-refractivity contribution in [2.75, 3.05) is 7.11 Å². The minimum atomic E-state index is -6.06. The van der Waals surface area contributed by atoms with Crippen LogP contribution in [0.15, 0.2) is 18.2 Å². The van der Waals surface area contributed by atoms with Crippen molar-refractivity contribution in [1.29, 1.82) is 0 Å². The molecule has 0 bridgehead atoms. The van der Waals surface area contributed by atoms with E-state index in [2.05, 4.69) is 4.74 Å². The fraction of sp³-hybridized carbons (Fsp3) is 0.417. The van der Waals surface area contributed by atoms with Gasteiger partial charge in [0.1, 0.15) is 11.5 Å². The number of methoxy groups -OCH3 is 1. The van der Waals surface area contributed by atoms with Gasteiger partial charge in [0.15, 0.2) is 5.78 Å². The maximum Gasteiger partial charge on any atom is 0.460 e. The summed E-state index contributed by atoms with van der Waals surface area (Å²) in [5.41, 5.74) is -0.239. The van der Waals surface area contributed by atoms with E-state index in [4.69, 9.17) is 4.74 Å². The molecule has 1 aromatic rings. The van der Waals surface area contributed by atoms with Crippen LogP contribution in [0.5, 0.6) is 11.5 Å². The molecule has 9 heteroatoms. The molecule has 0 fully saturated rings. The molecule has 0 amide bonds. The summed E-state index contributed by atoms with van der Waals surface area (Å²) in [6, 6.07) is 3.30. The van der Waals surface area contributed by atoms with Gasteiger partial charge in [0.2, 0.25) is 0 Å². The van der Waals surface area contributed by atoms with Crippen molar-refractivity contribution in [3.63, 3.8) is 0 Å². The van der Waals surface area contributed by atoms with E-state index < -0.39 is 35.8 Å². The monoisotopic (exact) mass is 312 g/mol. The van der Waals surface area contributed by atoms with Gasteiger partial charge in [-0.05, 0) is 18.2 Å². The Morgan fingerprint density at radius 2 is 1.90 bits per heavy atom. The zero-order valence-corrected chi connectivity index (χ0v) is 10.5. The highest BCUT2D eigenvalue weighted by molar-refractivity contribution is 6.00. The standard InChI is InChI=1S/C12H9F5O4/c1-20-6-2-3-9-7(4-6)8(18)5-10(19,21-9)11(13,14)12(15,16)17/h2-4,19H,5H2,1H3/t10-/m0/s1. The fourth-order valence-electron chi connectivity index (χ4n) is 1.87. The van der Waals surface area contributed by atoms with E-state index >= 15 is 0 Å². The quantitative estimate of drug-likeness (QED) is 0.853. The van der Waals surface area contributed by atoms with Crippen LogP contribution in [0, 0.1) is 0 Å². The summed E-state index contributed by atoms with van der Waals surface area (Å²) in [7, 11) is 1.28. The van der Waals surface area contributed by atoms with Gasteiger partial charge in [0, 0.05) is 0 Å². The number of benzene rings is 1. The van der Waals surface area contributed by atoms with E-state index in [-0.39, 0.29) is 11.3 Å². The maximum atomic E-state index is 13.3. The molecule has 0 aromatic heterocycles. The van der Waals surface area contributed by atoms with E-state index in [0.717, 1.165) is 12.1 Å². The Kier molecular flexibility index (Phi) is 3.36. The van der Waals surface area contributed by atoms with Gasteiger partial charge in [-0.25, -0.2) is 0 Å². The summed E-state index contributed by atoms with van der Waals surface area (Å²) in [6.45, 7) is 0. The Morgan fingerprint density at radius 3 is 2.43 bits per heavy atom. The Labute approximate surface area is 115 Å². The summed E-state index contributed by atoms with van der Waals surface area (Å²) < 4.78 is 73.0. The summed E-state index contributed by atoms with van der Waals surface area (Å²) in [5.74, 6) is -11.1. The molecule has 116 valence electrons. The van der Waals surface area contributed by atoms with E-state index in [1.807, 2.05) is 0 Å². The van der Waals surface area contributed by atoms with E-state index in [1.54, 1.807) is 0 Å². The Bertz CT molecular complexity index is 584. The molecule has 4 nitrogen and oxygen atoms in total. The summed E-state index contributed by atoms with van der Waals surface area (Å²) >= 11 is 0. The second-order valence-electron chi connectivity index (χ2n) is 4.42. The highest BCUT2D eigenvalue weighted by Gasteiger charge is 2.73. The molecule has 1 aliphatic heterocycles. The third kappa shape index (κ3) is 2.31. The first kappa shape index (κ1) is 15.5. The van der Waals surface area contributed by atoms with Gasteiger partial charge in [-0.2, -0.15) is 22.0 Å². The van der Waals surface area contributed by atoms with Gasteiger partial charge in [-0.1, -0.05) is 0 Å². The maximum absolute atomic E-state index is 13.3. The highest BCUT2D eigenvalue weighted by Crippen LogP contribution is 2.48. The Balaban J connectivity index is 2.47. The van der Waals surface area contributed by atoms with E-state index in [0.29, 0.717) is 0 Å². The number of aliphatic hydroxyl groups is 1. The normalized spacial score (nSPS) is 22.5. The number of ether oxygens (including phenoxy) is 2. The first-order chi connectivity index (χ1) is 9.52. The van der Waals surface area contributed by atoms with Gasteiger partial charge < -0.3 is 14.6 Å². The number of alkyl halides is 5. The molecule has 1 heterocycles. The van der Waals surface area contributed by atoms with Crippen LogP contribution in [0.4, 0.5) is 22.0 Å². The van der Waals surface area contributed by atoms with Gasteiger partial charge in [0.05, 0.1) is 19.1 Å². The van der Waals surface area contributed by atoms with Crippen LogP contribution >= 0.6 is 0 Å². The lowest BCUT2D eigenvalue weighted by atomic mass is 9.93. The fourth-order valence-corrected chi connectivity index (χ4v) is 1.87. The molecule has 1 aromatic carbocycles. The molecule has 1 aliphatic rings. The van der Waals surface area contributed by atoms with Crippen molar-refractivity contribution >= 4 is 5.78 Å². The second-order valence-corrected chi connectivity index (χ2v) is 4.42. The summed E-state index contributed by atoms with van der Waals surface area (Å²) in [5, 5.41) is 9.53. The van der Waals surface area contributed by atoms with E-state index in [9.17, 15) is 31.9 Å². The molecule has 2 rings (SSSR count). The van der Waals surface area contributed by atoms with Gasteiger partial charge >= 0.3 is 12.1 Å². The molecule has 1 N–H and O–H groups in total. The number of carbonyl (C=O) groups is 1. The van der Waals surface area contributed by atoms with Crippen molar-refractivity contribution in [3.8, 4) is 11.5 Å². The van der Waals surface area contributed by atoms with Crippen LogP contribution in [0.25, 0.3) is 0 Å². The molecule has 1 atom stereocenters. The number of fused-ring (bicyclic) bond motifs is 1. The lowest BCUT2D eigenvalue weighted by molar-refractivity contribution is -0.384. The average Bonchev–Trinajstić information content (AvgIpc) is 2.36. The third-order valence-corrected chi connectivity index (χ3v) is 3.01. The summed E-state index contributed by atoms with van der Waals surface area (Å²) in [6.07, 6.45) is -7.59. The number of hydrogen-bond acceptors (Lipinski definition) is 4. The zero-order chi connectivity index (χ0) is 16.1. The molecule has 0 radical (unpaired) electrons. The minimum absolute atomic E-state index is 0.193. The lowest BCUT2D eigenvalue weighted by Gasteiger charge is -2.38. The van der Waals surface area contributed by atoms with Crippen molar-refractivity contribution < 1.29 is 41.3 Å². The lowest BCUT2D eigenvalue weighted by Crippen LogP contribution is -2.62. The van der Waals surface area contributed by atoms with E-state index in [1.165, 1.54) is 13.2 Å². The number of hydrogen-bond donors (Lipinski definition) is 1. The van der Waals surface area contributed by atoms with Gasteiger partial charge in [-0.15, -0.1) is 0 Å². The van der Waals surface area contributed by atoms with Crippen molar-refractivity contribution in [2.45, 2.75) is 24.3 Å². The van der Waals surface area contributed by atoms with Gasteiger partial charge in [0.25, 0.3) is 5.79 Å². The molecule has 0 unspecified atom stereocenters. The van der Waals surface area contributed by atoms with Crippen molar-refractivity contribution in [2.24, 2.45) is 0 Å². The molecular formula is C12H9F5O4. The molecular weight excluding hydrogens is 303 g/mol. The topological polar surface area (TPSA) is 55.8 Å². The average molecular weight is 312 g/mol. The van der Waals surface area contributed by atoms with Crippen LogP contribution < -0.4 is 9.47 Å². The number of rotatable bonds is 2.